The molecule has 0 aliphatic carbocycles. The van der Waals surface area contributed by atoms with E-state index < -0.39 is 0 Å². The lowest BCUT2D eigenvalue weighted by atomic mass is 10.2. The highest BCUT2D eigenvalue weighted by Crippen LogP contribution is 2.10. The average Bonchev–Trinajstić information content (AvgIpc) is 2.45. The Balaban J connectivity index is 1.85. The van der Waals surface area contributed by atoms with Crippen molar-refractivity contribution >= 4 is 33.7 Å². The van der Waals surface area contributed by atoms with Crippen LogP contribution in [0.5, 0.6) is 0 Å². The Morgan fingerprint density at radius 3 is 2.65 bits per heavy atom. The van der Waals surface area contributed by atoms with Crippen LogP contribution < -0.4 is 10.6 Å². The molecule has 0 unspecified atom stereocenters. The van der Waals surface area contributed by atoms with Crippen LogP contribution in [-0.4, -0.2) is 48.8 Å². The van der Waals surface area contributed by atoms with E-state index >= 15 is 0 Å². The van der Waals surface area contributed by atoms with Gasteiger partial charge in [0.05, 0.1) is 13.1 Å². The zero-order chi connectivity index (χ0) is 14.5. The first-order chi connectivity index (χ1) is 9.56. The number of carbonyl (C=O) groups excluding carboxylic acids is 3. The fraction of sp³-hybridized carbons (Fsp3) is 0.308. The van der Waals surface area contributed by atoms with Gasteiger partial charge in [-0.1, -0.05) is 15.9 Å². The van der Waals surface area contributed by atoms with Crippen LogP contribution in [0, 0.1) is 0 Å². The van der Waals surface area contributed by atoms with E-state index in [9.17, 15) is 14.4 Å². The van der Waals surface area contributed by atoms with Crippen molar-refractivity contribution in [2.24, 2.45) is 0 Å². The number of amides is 3. The van der Waals surface area contributed by atoms with Gasteiger partial charge in [-0.3, -0.25) is 14.4 Å². The van der Waals surface area contributed by atoms with Crippen molar-refractivity contribution in [2.75, 3.05) is 26.2 Å². The van der Waals surface area contributed by atoms with Gasteiger partial charge in [0.25, 0.3) is 5.91 Å². The molecule has 3 amide bonds. The summed E-state index contributed by atoms with van der Waals surface area (Å²) in [6, 6.07) is 6.84. The SMILES string of the molecule is O=C1CN(C(=O)CNC(=O)c2ccc(Br)cc2)CCN1. The number of hydrogen-bond donors (Lipinski definition) is 2. The molecule has 1 heterocycles. The Kier molecular flexibility index (Phi) is 4.73. The molecule has 2 rings (SSSR count). The van der Waals surface area contributed by atoms with Crippen LogP contribution in [0.15, 0.2) is 28.7 Å². The van der Waals surface area contributed by atoms with E-state index in [2.05, 4.69) is 26.6 Å². The third-order valence-electron chi connectivity index (χ3n) is 2.90. The molecule has 0 atom stereocenters. The van der Waals surface area contributed by atoms with Gasteiger partial charge in [-0.05, 0) is 24.3 Å². The molecule has 0 aromatic heterocycles. The Bertz CT molecular complexity index is 530. The highest BCUT2D eigenvalue weighted by atomic mass is 79.9. The van der Waals surface area contributed by atoms with Crippen molar-refractivity contribution in [3.63, 3.8) is 0 Å². The molecular weight excluding hydrogens is 326 g/mol. The minimum absolute atomic E-state index is 0.0486. The number of halogens is 1. The Labute approximate surface area is 124 Å². The van der Waals surface area contributed by atoms with Crippen LogP contribution in [0.25, 0.3) is 0 Å². The molecule has 1 saturated heterocycles. The number of rotatable bonds is 3. The summed E-state index contributed by atoms with van der Waals surface area (Å²) in [6.45, 7) is 0.860. The van der Waals surface area contributed by atoms with Crippen molar-refractivity contribution in [3.8, 4) is 0 Å². The van der Waals surface area contributed by atoms with E-state index in [1.807, 2.05) is 0 Å². The molecule has 1 aromatic carbocycles. The summed E-state index contributed by atoms with van der Waals surface area (Å²) in [6.07, 6.45) is 0. The van der Waals surface area contributed by atoms with Gasteiger partial charge in [0.15, 0.2) is 0 Å². The van der Waals surface area contributed by atoms with Crippen molar-refractivity contribution in [3.05, 3.63) is 34.3 Å². The van der Waals surface area contributed by atoms with Gasteiger partial charge >= 0.3 is 0 Å². The molecule has 20 heavy (non-hydrogen) atoms. The molecule has 2 N–H and O–H groups in total. The third kappa shape index (κ3) is 3.80. The van der Waals surface area contributed by atoms with Gasteiger partial charge in [-0.2, -0.15) is 0 Å². The second-order valence-electron chi connectivity index (χ2n) is 4.35. The normalized spacial score (nSPS) is 14.7. The molecule has 1 aliphatic rings. The average molecular weight is 340 g/mol. The van der Waals surface area contributed by atoms with E-state index in [4.69, 9.17) is 0 Å². The minimum atomic E-state index is -0.313. The predicted octanol–water partition coefficient (Wildman–Crippen LogP) is 0.137. The second kappa shape index (κ2) is 6.51. The molecule has 0 radical (unpaired) electrons. The molecule has 0 bridgehead atoms. The minimum Gasteiger partial charge on any atom is -0.353 e. The summed E-state index contributed by atoms with van der Waals surface area (Å²) in [5.74, 6) is -0.749. The largest absolute Gasteiger partial charge is 0.353 e. The van der Waals surface area contributed by atoms with E-state index in [0.29, 0.717) is 18.7 Å². The molecular formula is C13H14BrN3O3. The lowest BCUT2D eigenvalue weighted by Gasteiger charge is -2.26. The molecule has 0 spiro atoms. The van der Waals surface area contributed by atoms with Crippen molar-refractivity contribution in [2.45, 2.75) is 0 Å². The molecule has 106 valence electrons. The smallest absolute Gasteiger partial charge is 0.251 e. The summed E-state index contributed by atoms with van der Waals surface area (Å²) in [5.41, 5.74) is 0.484. The van der Waals surface area contributed by atoms with Crippen LogP contribution in [-0.2, 0) is 9.59 Å². The third-order valence-corrected chi connectivity index (χ3v) is 3.43. The standard InChI is InChI=1S/C13H14BrN3O3/c14-10-3-1-9(2-4-10)13(20)16-7-12(19)17-6-5-15-11(18)8-17/h1-4H,5-8H2,(H,15,18)(H,16,20). The maximum atomic E-state index is 11.9. The molecule has 1 fully saturated rings. The molecule has 0 saturated carbocycles. The topological polar surface area (TPSA) is 78.5 Å². The summed E-state index contributed by atoms with van der Waals surface area (Å²) in [4.78, 5) is 36.3. The number of piperazine rings is 1. The van der Waals surface area contributed by atoms with Crippen LogP contribution in [0.3, 0.4) is 0 Å². The fourth-order valence-corrected chi connectivity index (χ4v) is 2.09. The first kappa shape index (κ1) is 14.5. The summed E-state index contributed by atoms with van der Waals surface area (Å²) in [7, 11) is 0. The summed E-state index contributed by atoms with van der Waals surface area (Å²) < 4.78 is 0.879. The van der Waals surface area contributed by atoms with E-state index in [1.165, 1.54) is 4.90 Å². The van der Waals surface area contributed by atoms with Gasteiger partial charge in [-0.25, -0.2) is 0 Å². The van der Waals surface area contributed by atoms with E-state index in [1.54, 1.807) is 24.3 Å². The van der Waals surface area contributed by atoms with Gasteiger partial charge in [0.2, 0.25) is 11.8 Å². The lowest BCUT2D eigenvalue weighted by Crippen LogP contribution is -2.52. The molecule has 7 heteroatoms. The summed E-state index contributed by atoms with van der Waals surface area (Å²) >= 11 is 3.28. The zero-order valence-corrected chi connectivity index (χ0v) is 12.3. The van der Waals surface area contributed by atoms with Crippen LogP contribution in [0.4, 0.5) is 0 Å². The Hall–Kier alpha value is -1.89. The predicted molar refractivity (Wildman–Crippen MR) is 76.1 cm³/mol. The van der Waals surface area contributed by atoms with E-state index in [-0.39, 0.29) is 30.8 Å². The number of nitrogens with one attached hydrogen (secondary N) is 2. The maximum Gasteiger partial charge on any atom is 0.251 e. The van der Waals surface area contributed by atoms with Crippen LogP contribution in [0.2, 0.25) is 0 Å². The number of nitrogens with zero attached hydrogens (tertiary/aromatic N) is 1. The van der Waals surface area contributed by atoms with Crippen molar-refractivity contribution in [1.82, 2.24) is 15.5 Å². The number of hydrogen-bond acceptors (Lipinski definition) is 3. The van der Waals surface area contributed by atoms with Crippen LogP contribution in [0.1, 0.15) is 10.4 Å². The lowest BCUT2D eigenvalue weighted by molar-refractivity contribution is -0.137. The molecule has 1 aliphatic heterocycles. The summed E-state index contributed by atoms with van der Waals surface area (Å²) in [5, 5.41) is 5.19. The van der Waals surface area contributed by atoms with E-state index in [0.717, 1.165) is 4.47 Å². The fourth-order valence-electron chi connectivity index (χ4n) is 1.82. The number of carbonyl (C=O) groups is 3. The van der Waals surface area contributed by atoms with Gasteiger partial charge in [0.1, 0.15) is 0 Å². The zero-order valence-electron chi connectivity index (χ0n) is 10.7. The van der Waals surface area contributed by atoms with Crippen molar-refractivity contribution < 1.29 is 14.4 Å². The van der Waals surface area contributed by atoms with Gasteiger partial charge in [-0.15, -0.1) is 0 Å². The Morgan fingerprint density at radius 1 is 1.30 bits per heavy atom. The van der Waals surface area contributed by atoms with Crippen molar-refractivity contribution in [1.29, 1.82) is 0 Å². The monoisotopic (exact) mass is 339 g/mol. The molecule has 1 aromatic rings. The first-order valence-electron chi connectivity index (χ1n) is 6.14. The van der Waals surface area contributed by atoms with Gasteiger partial charge in [0, 0.05) is 23.1 Å². The quantitative estimate of drug-likeness (QED) is 0.822. The number of benzene rings is 1. The highest BCUT2D eigenvalue weighted by molar-refractivity contribution is 9.10. The highest BCUT2D eigenvalue weighted by Gasteiger charge is 2.21. The van der Waals surface area contributed by atoms with Crippen LogP contribution >= 0.6 is 15.9 Å². The maximum absolute atomic E-state index is 11.9. The Morgan fingerprint density at radius 2 is 2.00 bits per heavy atom. The first-order valence-corrected chi connectivity index (χ1v) is 6.94. The van der Waals surface area contributed by atoms with Gasteiger partial charge < -0.3 is 15.5 Å². The second-order valence-corrected chi connectivity index (χ2v) is 5.27. The molecule has 6 nitrogen and oxygen atoms in total.